The van der Waals surface area contributed by atoms with Gasteiger partial charge >= 0.3 is 0 Å². The van der Waals surface area contributed by atoms with E-state index in [1.165, 1.54) is 4.80 Å². The molecule has 2 aromatic rings. The summed E-state index contributed by atoms with van der Waals surface area (Å²) in [5.41, 5.74) is 0.865. The minimum absolute atomic E-state index is 0.0809. The summed E-state index contributed by atoms with van der Waals surface area (Å²) in [4.78, 5) is 13.2. The van der Waals surface area contributed by atoms with Gasteiger partial charge in [-0.15, -0.1) is 10.2 Å². The fourth-order valence-corrected chi connectivity index (χ4v) is 2.24. The molecule has 0 unspecified atom stereocenters. The van der Waals surface area contributed by atoms with Crippen LogP contribution in [0.1, 0.15) is 26.7 Å². The molecule has 1 amide bonds. The van der Waals surface area contributed by atoms with Crippen LogP contribution in [0.3, 0.4) is 0 Å². The third-order valence-electron chi connectivity index (χ3n) is 2.97. The maximum Gasteiger partial charge on any atom is 0.243 e. The number of halogens is 1. The van der Waals surface area contributed by atoms with Crippen molar-refractivity contribution in [3.8, 4) is 11.4 Å². The first-order valence-corrected chi connectivity index (χ1v) is 7.71. The summed E-state index contributed by atoms with van der Waals surface area (Å²) in [6.45, 7) is 4.16. The molecule has 1 N–H and O–H groups in total. The van der Waals surface area contributed by atoms with Crippen LogP contribution in [0.15, 0.2) is 28.7 Å². The molecule has 1 aromatic heterocycles. The highest BCUT2D eigenvalue weighted by atomic mass is 79.9. The van der Waals surface area contributed by atoms with Crippen LogP contribution in [-0.2, 0) is 11.3 Å². The molecule has 0 aliphatic heterocycles. The normalized spacial score (nSPS) is 12.1. The van der Waals surface area contributed by atoms with Crippen molar-refractivity contribution in [2.24, 2.45) is 0 Å². The minimum Gasteiger partial charge on any atom is -0.352 e. The molecule has 0 fully saturated rings. The number of benzene rings is 1. The van der Waals surface area contributed by atoms with Crippen molar-refractivity contribution in [3.05, 3.63) is 28.7 Å². The lowest BCUT2D eigenvalue weighted by atomic mass is 10.2. The lowest BCUT2D eigenvalue weighted by molar-refractivity contribution is -0.122. The van der Waals surface area contributed by atoms with E-state index in [-0.39, 0.29) is 18.5 Å². The summed E-state index contributed by atoms with van der Waals surface area (Å²) in [7, 11) is 0. The molecule has 0 saturated heterocycles. The Kier molecular flexibility index (Phi) is 5.44. The second-order valence-corrected chi connectivity index (χ2v) is 5.82. The van der Waals surface area contributed by atoms with Crippen molar-refractivity contribution in [1.82, 2.24) is 25.5 Å². The summed E-state index contributed by atoms with van der Waals surface area (Å²) in [6, 6.07) is 7.78. The first-order valence-electron chi connectivity index (χ1n) is 6.91. The number of carbonyl (C=O) groups excluding carboxylic acids is 1. The van der Waals surface area contributed by atoms with Crippen LogP contribution >= 0.6 is 15.9 Å². The molecule has 0 aliphatic carbocycles. The summed E-state index contributed by atoms with van der Waals surface area (Å²) in [5, 5.41) is 15.0. The van der Waals surface area contributed by atoms with Crippen LogP contribution in [0, 0.1) is 0 Å². The molecule has 0 radical (unpaired) electrons. The van der Waals surface area contributed by atoms with Gasteiger partial charge in [-0.25, -0.2) is 0 Å². The number of rotatable bonds is 6. The quantitative estimate of drug-likeness (QED) is 0.867. The molecule has 6 nitrogen and oxygen atoms in total. The standard InChI is InChI=1S/C14H18BrN5O/c1-3-4-10(2)16-13(21)9-20-18-14(17-19-20)11-5-7-12(15)8-6-11/h5-8,10H,3-4,9H2,1-2H3,(H,16,21)/t10-/m1/s1. The fourth-order valence-electron chi connectivity index (χ4n) is 1.98. The van der Waals surface area contributed by atoms with E-state index < -0.39 is 0 Å². The van der Waals surface area contributed by atoms with E-state index in [0.717, 1.165) is 22.9 Å². The summed E-state index contributed by atoms with van der Waals surface area (Å²) < 4.78 is 0.989. The summed E-state index contributed by atoms with van der Waals surface area (Å²) >= 11 is 3.38. The van der Waals surface area contributed by atoms with Gasteiger partial charge in [0, 0.05) is 16.1 Å². The van der Waals surface area contributed by atoms with Gasteiger partial charge in [0.2, 0.25) is 11.7 Å². The van der Waals surface area contributed by atoms with Gasteiger partial charge in [0.25, 0.3) is 0 Å². The Morgan fingerprint density at radius 3 is 2.76 bits per heavy atom. The van der Waals surface area contributed by atoms with Crippen molar-refractivity contribution in [2.45, 2.75) is 39.3 Å². The number of nitrogens with zero attached hydrogens (tertiary/aromatic N) is 4. The van der Waals surface area contributed by atoms with E-state index in [1.54, 1.807) is 0 Å². The van der Waals surface area contributed by atoms with Crippen LogP contribution in [0.2, 0.25) is 0 Å². The zero-order valence-electron chi connectivity index (χ0n) is 12.1. The minimum atomic E-state index is -0.101. The van der Waals surface area contributed by atoms with Crippen LogP contribution in [-0.4, -0.2) is 32.2 Å². The Balaban J connectivity index is 1.97. The van der Waals surface area contributed by atoms with Gasteiger partial charge in [-0.2, -0.15) is 4.80 Å². The van der Waals surface area contributed by atoms with Crippen molar-refractivity contribution in [1.29, 1.82) is 0 Å². The van der Waals surface area contributed by atoms with Crippen LogP contribution in [0.5, 0.6) is 0 Å². The predicted molar refractivity (Wildman–Crippen MR) is 83.5 cm³/mol. The van der Waals surface area contributed by atoms with Gasteiger partial charge in [0.15, 0.2) is 0 Å². The molecule has 112 valence electrons. The number of aromatic nitrogens is 4. The Bertz CT molecular complexity index is 596. The highest BCUT2D eigenvalue weighted by Crippen LogP contribution is 2.17. The molecule has 1 atom stereocenters. The average Bonchev–Trinajstić information content (AvgIpc) is 2.88. The average molecular weight is 352 g/mol. The summed E-state index contributed by atoms with van der Waals surface area (Å²) in [5.74, 6) is 0.410. The lowest BCUT2D eigenvalue weighted by Crippen LogP contribution is -2.35. The molecular formula is C14H18BrN5O. The third kappa shape index (κ3) is 4.63. The molecule has 21 heavy (non-hydrogen) atoms. The topological polar surface area (TPSA) is 72.7 Å². The van der Waals surface area contributed by atoms with Gasteiger partial charge in [0.05, 0.1) is 0 Å². The zero-order chi connectivity index (χ0) is 15.2. The molecule has 7 heteroatoms. The van der Waals surface area contributed by atoms with Crippen LogP contribution in [0.25, 0.3) is 11.4 Å². The Morgan fingerprint density at radius 1 is 1.38 bits per heavy atom. The van der Waals surface area contributed by atoms with E-state index in [0.29, 0.717) is 5.82 Å². The van der Waals surface area contributed by atoms with E-state index in [4.69, 9.17) is 0 Å². The number of nitrogens with one attached hydrogen (secondary N) is 1. The largest absolute Gasteiger partial charge is 0.352 e. The highest BCUT2D eigenvalue weighted by molar-refractivity contribution is 9.10. The Hall–Kier alpha value is -1.76. The Labute approximate surface area is 132 Å². The lowest BCUT2D eigenvalue weighted by Gasteiger charge is -2.11. The maximum atomic E-state index is 11.8. The van der Waals surface area contributed by atoms with Crippen molar-refractivity contribution >= 4 is 21.8 Å². The van der Waals surface area contributed by atoms with Crippen molar-refractivity contribution in [2.75, 3.05) is 0 Å². The van der Waals surface area contributed by atoms with Gasteiger partial charge < -0.3 is 5.32 Å². The van der Waals surface area contributed by atoms with Gasteiger partial charge in [-0.1, -0.05) is 29.3 Å². The van der Waals surface area contributed by atoms with Crippen LogP contribution in [0.4, 0.5) is 0 Å². The second kappa shape index (κ2) is 7.31. The molecule has 1 aromatic carbocycles. The molecule has 1 heterocycles. The summed E-state index contributed by atoms with van der Waals surface area (Å²) in [6.07, 6.45) is 2.00. The first kappa shape index (κ1) is 15.6. The SMILES string of the molecule is CCC[C@@H](C)NC(=O)Cn1nnc(-c2ccc(Br)cc2)n1. The molecule has 0 spiro atoms. The zero-order valence-corrected chi connectivity index (χ0v) is 13.7. The molecule has 0 aliphatic rings. The maximum absolute atomic E-state index is 11.8. The van der Waals surface area contributed by atoms with Crippen LogP contribution < -0.4 is 5.32 Å². The Morgan fingerprint density at radius 2 is 2.10 bits per heavy atom. The number of carbonyl (C=O) groups is 1. The van der Waals surface area contributed by atoms with E-state index in [2.05, 4.69) is 43.6 Å². The van der Waals surface area contributed by atoms with Gasteiger partial charge in [0.1, 0.15) is 6.54 Å². The number of amides is 1. The van der Waals surface area contributed by atoms with E-state index in [1.807, 2.05) is 31.2 Å². The van der Waals surface area contributed by atoms with Gasteiger partial charge in [-0.05, 0) is 42.8 Å². The molecule has 0 bridgehead atoms. The van der Waals surface area contributed by atoms with E-state index >= 15 is 0 Å². The molecular weight excluding hydrogens is 334 g/mol. The number of hydrogen-bond donors (Lipinski definition) is 1. The third-order valence-corrected chi connectivity index (χ3v) is 3.50. The molecule has 0 saturated carbocycles. The van der Waals surface area contributed by atoms with Crippen molar-refractivity contribution < 1.29 is 4.79 Å². The predicted octanol–water partition coefficient (Wildman–Crippen LogP) is 2.41. The van der Waals surface area contributed by atoms with E-state index in [9.17, 15) is 4.79 Å². The fraction of sp³-hybridized carbons (Fsp3) is 0.429. The molecule has 2 rings (SSSR count). The smallest absolute Gasteiger partial charge is 0.243 e. The first-order chi connectivity index (χ1) is 10.1. The van der Waals surface area contributed by atoms with Crippen molar-refractivity contribution in [3.63, 3.8) is 0 Å². The highest BCUT2D eigenvalue weighted by Gasteiger charge is 2.11. The monoisotopic (exact) mass is 351 g/mol. The number of hydrogen-bond acceptors (Lipinski definition) is 4. The van der Waals surface area contributed by atoms with Gasteiger partial charge in [-0.3, -0.25) is 4.79 Å². The number of tetrazole rings is 1. The second-order valence-electron chi connectivity index (χ2n) is 4.91.